The highest BCUT2D eigenvalue weighted by molar-refractivity contribution is 5.69. The molecule has 0 aromatic carbocycles. The van der Waals surface area contributed by atoms with Crippen molar-refractivity contribution in [2.75, 3.05) is 0 Å². The molecule has 1 aliphatic rings. The molecule has 0 aromatic rings. The van der Waals surface area contributed by atoms with Gasteiger partial charge in [-0.05, 0) is 30.1 Å². The van der Waals surface area contributed by atoms with E-state index in [0.29, 0.717) is 17.8 Å². The molecule has 0 saturated heterocycles. The molecule has 2 unspecified atom stereocenters. The monoisotopic (exact) mass is 198 g/mol. The van der Waals surface area contributed by atoms with Crippen molar-refractivity contribution in [3.63, 3.8) is 0 Å². The first-order valence-corrected chi connectivity index (χ1v) is 5.68. The fourth-order valence-corrected chi connectivity index (χ4v) is 2.74. The average Bonchev–Trinajstić information content (AvgIpc) is 2.45. The molecule has 2 nitrogen and oxygen atoms in total. The van der Waals surface area contributed by atoms with Crippen LogP contribution >= 0.6 is 0 Å². The van der Waals surface area contributed by atoms with Gasteiger partial charge in [-0.2, -0.15) is 0 Å². The molecular weight excluding hydrogens is 176 g/mol. The van der Waals surface area contributed by atoms with Gasteiger partial charge >= 0.3 is 5.97 Å². The van der Waals surface area contributed by atoms with E-state index in [1.54, 1.807) is 0 Å². The van der Waals surface area contributed by atoms with Crippen LogP contribution in [0.1, 0.15) is 40.5 Å². The van der Waals surface area contributed by atoms with Crippen molar-refractivity contribution in [2.24, 2.45) is 29.6 Å². The fourth-order valence-electron chi connectivity index (χ4n) is 2.74. The molecule has 1 fully saturated rings. The highest BCUT2D eigenvalue weighted by Crippen LogP contribution is 2.42. The van der Waals surface area contributed by atoms with Gasteiger partial charge in [-0.25, -0.2) is 0 Å². The lowest BCUT2D eigenvalue weighted by molar-refractivity contribution is -0.143. The molecule has 1 saturated carbocycles. The number of carboxylic acid groups (broad SMARTS) is 1. The van der Waals surface area contributed by atoms with Gasteiger partial charge in [0.2, 0.25) is 0 Å². The molecule has 1 rings (SSSR count). The molecular formula is C12H22O2. The van der Waals surface area contributed by atoms with Crippen LogP contribution in [0.15, 0.2) is 0 Å². The molecule has 0 radical (unpaired) electrons. The highest BCUT2D eigenvalue weighted by Gasteiger charge is 2.37. The second kappa shape index (κ2) is 4.33. The predicted octanol–water partition coefficient (Wildman–Crippen LogP) is 3.03. The lowest BCUT2D eigenvalue weighted by atomic mass is 9.77. The van der Waals surface area contributed by atoms with Crippen LogP contribution in [0.25, 0.3) is 0 Å². The van der Waals surface area contributed by atoms with E-state index >= 15 is 0 Å². The summed E-state index contributed by atoms with van der Waals surface area (Å²) in [5.74, 6) is 1.52. The molecule has 2 heteroatoms. The Morgan fingerprint density at radius 2 is 1.86 bits per heavy atom. The normalized spacial score (nSPS) is 36.7. The molecule has 0 spiro atoms. The number of hydrogen-bond donors (Lipinski definition) is 1. The maximum atomic E-state index is 10.9. The maximum Gasteiger partial charge on any atom is 0.306 e. The van der Waals surface area contributed by atoms with Crippen LogP contribution in [-0.2, 0) is 4.79 Å². The van der Waals surface area contributed by atoms with E-state index in [1.165, 1.54) is 12.8 Å². The second-order valence-electron chi connectivity index (χ2n) is 5.06. The van der Waals surface area contributed by atoms with Crippen LogP contribution in [0.4, 0.5) is 0 Å². The minimum absolute atomic E-state index is 0.201. The molecule has 0 bridgehead atoms. The van der Waals surface area contributed by atoms with E-state index in [0.717, 1.165) is 5.92 Å². The molecule has 1 N–H and O–H groups in total. The van der Waals surface area contributed by atoms with Crippen molar-refractivity contribution in [3.05, 3.63) is 0 Å². The van der Waals surface area contributed by atoms with E-state index in [1.807, 2.05) is 6.92 Å². The zero-order valence-electron chi connectivity index (χ0n) is 9.66. The molecule has 0 heterocycles. The molecule has 5 atom stereocenters. The topological polar surface area (TPSA) is 37.3 Å². The Hall–Kier alpha value is -0.530. The first kappa shape index (κ1) is 11.5. The van der Waals surface area contributed by atoms with Crippen molar-refractivity contribution < 1.29 is 9.90 Å². The van der Waals surface area contributed by atoms with Gasteiger partial charge in [0.1, 0.15) is 0 Å². The van der Waals surface area contributed by atoms with E-state index in [9.17, 15) is 4.79 Å². The van der Waals surface area contributed by atoms with Gasteiger partial charge in [0, 0.05) is 0 Å². The Bertz CT molecular complexity index is 212. The lowest BCUT2D eigenvalue weighted by Gasteiger charge is -2.27. The number of hydrogen-bond acceptors (Lipinski definition) is 1. The summed E-state index contributed by atoms with van der Waals surface area (Å²) in [4.78, 5) is 10.9. The Labute approximate surface area is 86.7 Å². The van der Waals surface area contributed by atoms with E-state index in [2.05, 4.69) is 20.8 Å². The summed E-state index contributed by atoms with van der Waals surface area (Å²) in [6.07, 6.45) is 2.48. The summed E-state index contributed by atoms with van der Waals surface area (Å²) in [7, 11) is 0. The van der Waals surface area contributed by atoms with E-state index in [-0.39, 0.29) is 5.92 Å². The lowest BCUT2D eigenvalue weighted by Crippen LogP contribution is -2.27. The van der Waals surface area contributed by atoms with E-state index in [4.69, 9.17) is 5.11 Å². The van der Waals surface area contributed by atoms with Gasteiger partial charge in [0.05, 0.1) is 5.92 Å². The number of carboxylic acids is 1. The zero-order valence-corrected chi connectivity index (χ0v) is 9.66. The van der Waals surface area contributed by atoms with Gasteiger partial charge in [-0.15, -0.1) is 0 Å². The SMILES string of the molecule is CC(C(=O)O)C(C)[C@H]1CC[C@@H](C)[C@H]1C. The zero-order chi connectivity index (χ0) is 10.9. The average molecular weight is 198 g/mol. The molecule has 1 aliphatic carbocycles. The highest BCUT2D eigenvalue weighted by atomic mass is 16.4. The third-order valence-electron chi connectivity index (χ3n) is 4.38. The standard InChI is InChI=1S/C12H22O2/c1-7-5-6-11(8(7)2)9(3)10(4)12(13)14/h7-11H,5-6H2,1-4H3,(H,13,14)/t7-,8-,9?,10?,11+/m1/s1. The summed E-state index contributed by atoms with van der Waals surface area (Å²) in [5.41, 5.74) is 0. The quantitative estimate of drug-likeness (QED) is 0.756. The van der Waals surface area contributed by atoms with E-state index < -0.39 is 5.97 Å². The van der Waals surface area contributed by atoms with Crippen LogP contribution < -0.4 is 0 Å². The summed E-state index contributed by atoms with van der Waals surface area (Å²) in [5, 5.41) is 8.96. The predicted molar refractivity (Wildman–Crippen MR) is 57.0 cm³/mol. The summed E-state index contributed by atoms with van der Waals surface area (Å²) in [6.45, 7) is 8.48. The smallest absolute Gasteiger partial charge is 0.306 e. The Morgan fingerprint density at radius 1 is 1.29 bits per heavy atom. The number of rotatable bonds is 3. The van der Waals surface area contributed by atoms with Crippen LogP contribution in [-0.4, -0.2) is 11.1 Å². The Kier molecular flexibility index (Phi) is 3.57. The minimum atomic E-state index is -0.649. The van der Waals surface area contributed by atoms with Gasteiger partial charge in [0.25, 0.3) is 0 Å². The molecule has 0 aromatic heterocycles. The largest absolute Gasteiger partial charge is 0.481 e. The van der Waals surface area contributed by atoms with Crippen LogP contribution in [0.3, 0.4) is 0 Å². The number of carbonyl (C=O) groups is 1. The molecule has 14 heavy (non-hydrogen) atoms. The van der Waals surface area contributed by atoms with Crippen molar-refractivity contribution in [2.45, 2.75) is 40.5 Å². The van der Waals surface area contributed by atoms with Crippen molar-refractivity contribution in [1.29, 1.82) is 0 Å². The van der Waals surface area contributed by atoms with Crippen LogP contribution in [0.5, 0.6) is 0 Å². The molecule has 0 aliphatic heterocycles. The Balaban J connectivity index is 2.61. The minimum Gasteiger partial charge on any atom is -0.481 e. The second-order valence-corrected chi connectivity index (χ2v) is 5.06. The van der Waals surface area contributed by atoms with Crippen LogP contribution in [0, 0.1) is 29.6 Å². The summed E-state index contributed by atoms with van der Waals surface area (Å²) < 4.78 is 0. The van der Waals surface area contributed by atoms with Crippen molar-refractivity contribution in [3.8, 4) is 0 Å². The summed E-state index contributed by atoms with van der Waals surface area (Å²) >= 11 is 0. The number of aliphatic carboxylic acids is 1. The Morgan fingerprint density at radius 3 is 2.21 bits per heavy atom. The van der Waals surface area contributed by atoms with Gasteiger partial charge in [-0.3, -0.25) is 4.79 Å². The fraction of sp³-hybridized carbons (Fsp3) is 0.917. The van der Waals surface area contributed by atoms with Gasteiger partial charge in [0.15, 0.2) is 0 Å². The third-order valence-corrected chi connectivity index (χ3v) is 4.38. The van der Waals surface area contributed by atoms with Crippen LogP contribution in [0.2, 0.25) is 0 Å². The maximum absolute atomic E-state index is 10.9. The van der Waals surface area contributed by atoms with Gasteiger partial charge < -0.3 is 5.11 Å². The van der Waals surface area contributed by atoms with Gasteiger partial charge in [-0.1, -0.05) is 34.1 Å². The summed E-state index contributed by atoms with van der Waals surface area (Å²) in [6, 6.07) is 0. The van der Waals surface area contributed by atoms with Crippen molar-refractivity contribution in [1.82, 2.24) is 0 Å². The molecule has 0 amide bonds. The first-order chi connectivity index (χ1) is 6.45. The molecule has 82 valence electrons. The third kappa shape index (κ3) is 2.10. The van der Waals surface area contributed by atoms with Crippen molar-refractivity contribution >= 4 is 5.97 Å². The first-order valence-electron chi connectivity index (χ1n) is 5.68.